The minimum Gasteiger partial charge on any atom is -0.508 e. The van der Waals surface area contributed by atoms with Crippen LogP contribution in [0.25, 0.3) is 0 Å². The van der Waals surface area contributed by atoms with Gasteiger partial charge in [-0.1, -0.05) is 6.07 Å². The first-order valence-electron chi connectivity index (χ1n) is 7.64. The molecule has 1 saturated carbocycles. The number of hydrogen-bond donors (Lipinski definition) is 1. The van der Waals surface area contributed by atoms with Crippen molar-refractivity contribution in [3.05, 3.63) is 29.3 Å². The topological polar surface area (TPSA) is 40.5 Å². The van der Waals surface area contributed by atoms with Crippen LogP contribution in [-0.4, -0.2) is 35.4 Å². The number of piperidine rings is 1. The minimum atomic E-state index is -0.00116. The number of aromatic hydroxyl groups is 1. The van der Waals surface area contributed by atoms with Crippen molar-refractivity contribution < 1.29 is 9.90 Å². The molecule has 20 heavy (non-hydrogen) atoms. The molecule has 3 nitrogen and oxygen atoms in total. The third-order valence-corrected chi connectivity index (χ3v) is 5.96. The molecule has 3 aliphatic rings. The van der Waals surface area contributed by atoms with E-state index in [-0.39, 0.29) is 5.41 Å². The summed E-state index contributed by atoms with van der Waals surface area (Å²) in [5.74, 6) is 1.32. The van der Waals surface area contributed by atoms with E-state index in [1.54, 1.807) is 6.07 Å². The van der Waals surface area contributed by atoms with E-state index in [1.807, 2.05) is 6.07 Å². The number of benzene rings is 1. The van der Waals surface area contributed by atoms with E-state index in [2.05, 4.69) is 18.0 Å². The van der Waals surface area contributed by atoms with Crippen LogP contribution in [0.3, 0.4) is 0 Å². The fourth-order valence-corrected chi connectivity index (χ4v) is 5.01. The van der Waals surface area contributed by atoms with Crippen LogP contribution in [0, 0.1) is 5.92 Å². The summed E-state index contributed by atoms with van der Waals surface area (Å²) in [6.45, 7) is 1.06. The average molecular weight is 271 g/mol. The standard InChI is InChI=1S/C17H21NO2/c1-18-7-6-17-10-13(20)4-5-14(17)16(18)8-11-2-3-12(19)9-15(11)17/h2-3,9,14,16,19H,4-8,10H2,1H3/t14-,16+,17-/m0/s1. The second-order valence-electron chi connectivity index (χ2n) is 6.86. The smallest absolute Gasteiger partial charge is 0.133 e. The highest BCUT2D eigenvalue weighted by Gasteiger charge is 2.54. The molecule has 1 N–H and O–H groups in total. The van der Waals surface area contributed by atoms with E-state index >= 15 is 0 Å². The van der Waals surface area contributed by atoms with Crippen LogP contribution >= 0.6 is 0 Å². The van der Waals surface area contributed by atoms with E-state index < -0.39 is 0 Å². The summed E-state index contributed by atoms with van der Waals surface area (Å²) in [5.41, 5.74) is 2.60. The lowest BCUT2D eigenvalue weighted by Gasteiger charge is -2.58. The van der Waals surface area contributed by atoms with E-state index in [0.29, 0.717) is 29.9 Å². The van der Waals surface area contributed by atoms with Crippen LogP contribution in [0.1, 0.15) is 36.8 Å². The molecule has 3 atom stereocenters. The fourth-order valence-electron chi connectivity index (χ4n) is 5.01. The van der Waals surface area contributed by atoms with Crippen LogP contribution in [-0.2, 0) is 16.6 Å². The number of rotatable bonds is 0. The lowest BCUT2D eigenvalue weighted by molar-refractivity contribution is -0.126. The number of likely N-dealkylation sites (N-methyl/N-ethyl adjacent to an activating group) is 1. The monoisotopic (exact) mass is 271 g/mol. The summed E-state index contributed by atoms with van der Waals surface area (Å²) >= 11 is 0. The molecule has 1 saturated heterocycles. The molecule has 0 unspecified atom stereocenters. The molecule has 106 valence electrons. The Bertz CT molecular complexity index is 582. The zero-order chi connectivity index (χ0) is 13.9. The number of phenolic OH excluding ortho intramolecular Hbond substituents is 1. The van der Waals surface area contributed by atoms with Crippen LogP contribution in [0.4, 0.5) is 0 Å². The Kier molecular flexibility index (Phi) is 2.53. The molecule has 1 heterocycles. The largest absolute Gasteiger partial charge is 0.508 e. The van der Waals surface area contributed by atoms with Crippen LogP contribution in [0.15, 0.2) is 18.2 Å². The van der Waals surface area contributed by atoms with E-state index in [9.17, 15) is 9.90 Å². The Hall–Kier alpha value is -1.35. The van der Waals surface area contributed by atoms with Gasteiger partial charge in [0.2, 0.25) is 0 Å². The number of nitrogens with zero attached hydrogens (tertiary/aromatic N) is 1. The zero-order valence-corrected chi connectivity index (χ0v) is 11.9. The summed E-state index contributed by atoms with van der Waals surface area (Å²) in [5, 5.41) is 9.89. The van der Waals surface area contributed by atoms with Gasteiger partial charge in [-0.3, -0.25) is 4.79 Å². The molecular weight excluding hydrogens is 250 g/mol. The van der Waals surface area contributed by atoms with Crippen molar-refractivity contribution in [2.24, 2.45) is 5.92 Å². The average Bonchev–Trinajstić information content (AvgIpc) is 2.43. The van der Waals surface area contributed by atoms with Crippen molar-refractivity contribution in [1.29, 1.82) is 0 Å². The van der Waals surface area contributed by atoms with Gasteiger partial charge in [-0.15, -0.1) is 0 Å². The number of Topliss-reactive ketones (excluding diaryl/α,β-unsaturated/α-hetero) is 1. The van der Waals surface area contributed by atoms with Gasteiger partial charge in [0.25, 0.3) is 0 Å². The molecule has 1 aromatic rings. The van der Waals surface area contributed by atoms with Crippen LogP contribution in [0.2, 0.25) is 0 Å². The highest BCUT2D eigenvalue weighted by molar-refractivity contribution is 5.81. The summed E-state index contributed by atoms with van der Waals surface area (Å²) in [6, 6.07) is 6.35. The van der Waals surface area contributed by atoms with Crippen molar-refractivity contribution in [2.75, 3.05) is 13.6 Å². The lowest BCUT2D eigenvalue weighted by Crippen LogP contribution is -2.60. The lowest BCUT2D eigenvalue weighted by atomic mass is 9.52. The summed E-state index contributed by atoms with van der Waals surface area (Å²) in [4.78, 5) is 14.6. The number of ketones is 1. The Morgan fingerprint density at radius 3 is 3.10 bits per heavy atom. The number of likely N-dealkylation sites (tertiary alicyclic amines) is 1. The molecular formula is C17H21NO2. The minimum absolute atomic E-state index is 0.00116. The van der Waals surface area contributed by atoms with Gasteiger partial charge in [0.05, 0.1) is 0 Å². The molecule has 3 heteroatoms. The first-order chi connectivity index (χ1) is 9.60. The first-order valence-corrected chi connectivity index (χ1v) is 7.64. The van der Waals surface area contributed by atoms with Gasteiger partial charge < -0.3 is 10.0 Å². The fraction of sp³-hybridized carbons (Fsp3) is 0.588. The highest BCUT2D eigenvalue weighted by atomic mass is 16.3. The second kappa shape index (κ2) is 4.08. The van der Waals surface area contributed by atoms with Gasteiger partial charge in [-0.2, -0.15) is 0 Å². The predicted molar refractivity (Wildman–Crippen MR) is 76.9 cm³/mol. The SMILES string of the molecule is CN1CC[C@]23CC(=O)CC[C@H]2[C@H]1Cc1ccc(O)cc13. The maximum Gasteiger partial charge on any atom is 0.133 e. The Morgan fingerprint density at radius 2 is 2.25 bits per heavy atom. The van der Waals surface area contributed by atoms with Gasteiger partial charge in [0.1, 0.15) is 11.5 Å². The number of carbonyl (C=O) groups excluding carboxylic acids is 1. The number of phenols is 1. The van der Waals surface area contributed by atoms with E-state index in [0.717, 1.165) is 32.2 Å². The highest BCUT2D eigenvalue weighted by Crippen LogP contribution is 2.55. The molecule has 4 rings (SSSR count). The van der Waals surface area contributed by atoms with Gasteiger partial charge in [0.15, 0.2) is 0 Å². The molecule has 0 radical (unpaired) electrons. The molecule has 1 aromatic carbocycles. The first kappa shape index (κ1) is 12.4. The van der Waals surface area contributed by atoms with Crippen molar-refractivity contribution in [3.8, 4) is 5.75 Å². The molecule has 2 aliphatic carbocycles. The van der Waals surface area contributed by atoms with Gasteiger partial charge in [-0.25, -0.2) is 0 Å². The number of carbonyl (C=O) groups is 1. The molecule has 0 amide bonds. The number of hydrogen-bond acceptors (Lipinski definition) is 3. The third-order valence-electron chi connectivity index (χ3n) is 5.96. The van der Waals surface area contributed by atoms with Crippen molar-refractivity contribution in [2.45, 2.75) is 43.6 Å². The summed E-state index contributed by atoms with van der Waals surface area (Å²) in [6.07, 6.45) is 4.55. The van der Waals surface area contributed by atoms with E-state index in [4.69, 9.17) is 0 Å². The predicted octanol–water partition coefficient (Wildman–Crippen LogP) is 2.26. The van der Waals surface area contributed by atoms with Crippen LogP contribution in [0.5, 0.6) is 5.75 Å². The molecule has 2 bridgehead atoms. The normalized spacial score (nSPS) is 36.4. The maximum atomic E-state index is 12.1. The summed E-state index contributed by atoms with van der Waals surface area (Å²) in [7, 11) is 2.22. The van der Waals surface area contributed by atoms with Crippen molar-refractivity contribution in [3.63, 3.8) is 0 Å². The third kappa shape index (κ3) is 1.53. The molecule has 0 spiro atoms. The quantitative estimate of drug-likeness (QED) is 0.787. The Morgan fingerprint density at radius 1 is 1.40 bits per heavy atom. The number of fused-ring (bicyclic) bond motifs is 1. The van der Waals surface area contributed by atoms with Gasteiger partial charge in [0, 0.05) is 24.3 Å². The maximum absolute atomic E-state index is 12.1. The van der Waals surface area contributed by atoms with Gasteiger partial charge in [-0.05, 0) is 62.0 Å². The van der Waals surface area contributed by atoms with E-state index in [1.165, 1.54) is 11.1 Å². The molecule has 2 fully saturated rings. The van der Waals surface area contributed by atoms with Crippen LogP contribution < -0.4 is 0 Å². The van der Waals surface area contributed by atoms with Gasteiger partial charge >= 0.3 is 0 Å². The van der Waals surface area contributed by atoms with Crippen molar-refractivity contribution in [1.82, 2.24) is 4.90 Å². The zero-order valence-electron chi connectivity index (χ0n) is 11.9. The Labute approximate surface area is 119 Å². The Balaban J connectivity index is 1.92. The second-order valence-corrected chi connectivity index (χ2v) is 6.86. The molecule has 1 aliphatic heterocycles. The summed E-state index contributed by atoms with van der Waals surface area (Å²) < 4.78 is 0. The van der Waals surface area contributed by atoms with Crippen molar-refractivity contribution >= 4 is 5.78 Å². The molecule has 0 aromatic heterocycles.